The minimum Gasteiger partial charge on any atom is -0.406 e. The molecule has 0 radical (unpaired) electrons. The lowest BCUT2D eigenvalue weighted by Gasteiger charge is -2.28. The summed E-state index contributed by atoms with van der Waals surface area (Å²) in [5.74, 6) is -0.877. The lowest BCUT2D eigenvalue weighted by atomic mass is 9.98. The molecule has 0 saturated carbocycles. The average Bonchev–Trinajstić information content (AvgIpc) is 2.37. The maximum atomic E-state index is 12.0. The van der Waals surface area contributed by atoms with E-state index in [1.807, 2.05) is 0 Å². The van der Waals surface area contributed by atoms with E-state index in [0.717, 1.165) is 12.1 Å². The fourth-order valence-electron chi connectivity index (χ4n) is 1.45. The first kappa shape index (κ1) is 17.2. The number of nitrogens with one attached hydrogen (secondary N) is 1. The van der Waals surface area contributed by atoms with Gasteiger partial charge in [-0.25, -0.2) is 0 Å². The van der Waals surface area contributed by atoms with Crippen molar-refractivity contribution in [3.63, 3.8) is 0 Å². The van der Waals surface area contributed by atoms with Crippen LogP contribution in [0.2, 0.25) is 0 Å². The highest BCUT2D eigenvalue weighted by Gasteiger charge is 2.31. The molecule has 0 bridgehead atoms. The molecule has 4 nitrogen and oxygen atoms in total. The van der Waals surface area contributed by atoms with E-state index < -0.39 is 23.6 Å². The number of carbonyl (C=O) groups is 1. The molecular weight excluding hydrogens is 305 g/mol. The summed E-state index contributed by atoms with van der Waals surface area (Å²) in [6.07, 6.45) is -4.28. The van der Waals surface area contributed by atoms with Gasteiger partial charge in [0.2, 0.25) is 0 Å². The molecule has 1 amide bonds. The highest BCUT2D eigenvalue weighted by atomic mass is 32.1. The van der Waals surface area contributed by atoms with Crippen LogP contribution in [0, 0.1) is 0 Å². The van der Waals surface area contributed by atoms with Crippen LogP contribution in [-0.4, -0.2) is 22.8 Å². The maximum absolute atomic E-state index is 12.0. The summed E-state index contributed by atoms with van der Waals surface area (Å²) in [4.78, 5) is 12.2. The first-order valence-corrected chi connectivity index (χ1v) is 6.46. The number of carbonyl (C=O) groups excluding carboxylic acids is 1. The Hall–Kier alpha value is -1.83. The minimum atomic E-state index is -4.77. The van der Waals surface area contributed by atoms with Crippen LogP contribution in [0.4, 0.5) is 13.2 Å². The number of nitrogens with two attached hydrogens (primary N) is 1. The van der Waals surface area contributed by atoms with Crippen molar-refractivity contribution < 1.29 is 22.7 Å². The van der Waals surface area contributed by atoms with Gasteiger partial charge in [-0.05, 0) is 37.6 Å². The van der Waals surface area contributed by atoms with Crippen molar-refractivity contribution in [3.05, 3.63) is 29.8 Å². The summed E-state index contributed by atoms with van der Waals surface area (Å²) in [7, 11) is 0. The summed E-state index contributed by atoms with van der Waals surface area (Å²) in [5.41, 5.74) is 4.90. The highest BCUT2D eigenvalue weighted by Crippen LogP contribution is 2.23. The zero-order valence-electron chi connectivity index (χ0n) is 11.5. The first-order valence-electron chi connectivity index (χ1n) is 6.05. The van der Waals surface area contributed by atoms with Crippen LogP contribution < -0.4 is 15.8 Å². The third kappa shape index (κ3) is 4.89. The van der Waals surface area contributed by atoms with Gasteiger partial charge >= 0.3 is 6.36 Å². The SMILES string of the molecule is CCC(C)(NC(=O)c1ccc(OC(F)(F)F)cc1)C(N)=S. The number of hydrogen-bond donors (Lipinski definition) is 2. The van der Waals surface area contributed by atoms with Gasteiger partial charge in [0, 0.05) is 5.56 Å². The predicted molar refractivity (Wildman–Crippen MR) is 76.1 cm³/mol. The van der Waals surface area contributed by atoms with E-state index in [2.05, 4.69) is 10.1 Å². The molecule has 1 aromatic carbocycles. The standard InChI is InChI=1S/C13H15F3N2O2S/c1-3-12(2,11(17)21)18-10(19)8-4-6-9(7-5-8)20-13(14,15)16/h4-7H,3H2,1-2H3,(H2,17,21)(H,18,19). The monoisotopic (exact) mass is 320 g/mol. The zero-order valence-corrected chi connectivity index (χ0v) is 12.3. The van der Waals surface area contributed by atoms with Crippen LogP contribution in [0.15, 0.2) is 24.3 Å². The Morgan fingerprint density at radius 1 is 1.33 bits per heavy atom. The van der Waals surface area contributed by atoms with Crippen LogP contribution in [0.3, 0.4) is 0 Å². The second-order valence-electron chi connectivity index (χ2n) is 4.58. The minimum absolute atomic E-state index is 0.135. The molecule has 1 rings (SSSR count). The summed E-state index contributed by atoms with van der Waals surface area (Å²) in [6, 6.07) is 4.58. The Labute approximate surface area is 125 Å². The summed E-state index contributed by atoms with van der Waals surface area (Å²) in [6.45, 7) is 3.48. The Bertz CT molecular complexity index is 531. The van der Waals surface area contributed by atoms with Crippen molar-refractivity contribution in [2.75, 3.05) is 0 Å². The van der Waals surface area contributed by atoms with Crippen molar-refractivity contribution in [2.24, 2.45) is 5.73 Å². The highest BCUT2D eigenvalue weighted by molar-refractivity contribution is 7.80. The number of rotatable bonds is 5. The number of ether oxygens (including phenoxy) is 1. The fourth-order valence-corrected chi connectivity index (χ4v) is 1.65. The molecule has 1 atom stereocenters. The van der Waals surface area contributed by atoms with Crippen LogP contribution in [-0.2, 0) is 0 Å². The molecule has 21 heavy (non-hydrogen) atoms. The van der Waals surface area contributed by atoms with E-state index in [0.29, 0.717) is 6.42 Å². The van der Waals surface area contributed by atoms with Crippen LogP contribution in [0.1, 0.15) is 30.6 Å². The lowest BCUT2D eigenvalue weighted by Crippen LogP contribution is -2.54. The van der Waals surface area contributed by atoms with Gasteiger partial charge in [-0.2, -0.15) is 0 Å². The van der Waals surface area contributed by atoms with Gasteiger partial charge in [0.05, 0.1) is 10.5 Å². The van der Waals surface area contributed by atoms with E-state index in [-0.39, 0.29) is 10.6 Å². The largest absolute Gasteiger partial charge is 0.573 e. The second-order valence-corrected chi connectivity index (χ2v) is 5.02. The molecule has 116 valence electrons. The van der Waals surface area contributed by atoms with Gasteiger partial charge < -0.3 is 15.8 Å². The average molecular weight is 320 g/mol. The van der Waals surface area contributed by atoms with Crippen LogP contribution in [0.5, 0.6) is 5.75 Å². The summed E-state index contributed by atoms with van der Waals surface area (Å²) < 4.78 is 39.8. The number of alkyl halides is 3. The number of amides is 1. The number of hydrogen-bond acceptors (Lipinski definition) is 3. The van der Waals surface area contributed by atoms with Crippen molar-refractivity contribution in [1.29, 1.82) is 0 Å². The molecule has 0 aliphatic carbocycles. The van der Waals surface area contributed by atoms with Crippen molar-refractivity contribution in [3.8, 4) is 5.75 Å². The van der Waals surface area contributed by atoms with E-state index in [1.54, 1.807) is 13.8 Å². The van der Waals surface area contributed by atoms with Gasteiger partial charge in [-0.1, -0.05) is 19.1 Å². The molecule has 1 aromatic rings. The van der Waals surface area contributed by atoms with Gasteiger partial charge in [0.25, 0.3) is 5.91 Å². The van der Waals surface area contributed by atoms with Gasteiger partial charge in [-0.15, -0.1) is 13.2 Å². The van der Waals surface area contributed by atoms with Crippen molar-refractivity contribution in [1.82, 2.24) is 5.32 Å². The molecule has 3 N–H and O–H groups in total. The maximum Gasteiger partial charge on any atom is 0.573 e. The van der Waals surface area contributed by atoms with Gasteiger partial charge in [0.1, 0.15) is 5.75 Å². The third-order valence-electron chi connectivity index (χ3n) is 2.99. The Balaban J connectivity index is 2.83. The quantitative estimate of drug-likeness (QED) is 0.819. The van der Waals surface area contributed by atoms with E-state index >= 15 is 0 Å². The Kier molecular flexibility index (Phi) is 5.16. The molecule has 0 aliphatic heterocycles. The van der Waals surface area contributed by atoms with Crippen LogP contribution >= 0.6 is 12.2 Å². The zero-order chi connectivity index (χ0) is 16.3. The smallest absolute Gasteiger partial charge is 0.406 e. The molecule has 8 heteroatoms. The molecule has 1 unspecified atom stereocenters. The molecule has 0 heterocycles. The molecule has 0 aromatic heterocycles. The van der Waals surface area contributed by atoms with Crippen LogP contribution in [0.25, 0.3) is 0 Å². The van der Waals surface area contributed by atoms with Gasteiger partial charge in [0.15, 0.2) is 0 Å². The summed E-state index contributed by atoms with van der Waals surface area (Å²) in [5, 5.41) is 2.66. The topological polar surface area (TPSA) is 64.3 Å². The molecule has 0 fully saturated rings. The van der Waals surface area contributed by atoms with E-state index in [1.165, 1.54) is 12.1 Å². The summed E-state index contributed by atoms with van der Waals surface area (Å²) >= 11 is 4.90. The van der Waals surface area contributed by atoms with Crippen molar-refractivity contribution >= 4 is 23.1 Å². The lowest BCUT2D eigenvalue weighted by molar-refractivity contribution is -0.274. The van der Waals surface area contributed by atoms with Crippen molar-refractivity contribution in [2.45, 2.75) is 32.2 Å². The molecular formula is C13H15F3N2O2S. The number of thiocarbonyl (C=S) groups is 1. The van der Waals surface area contributed by atoms with Gasteiger partial charge in [-0.3, -0.25) is 4.79 Å². The molecule has 0 spiro atoms. The second kappa shape index (κ2) is 6.30. The molecule has 0 saturated heterocycles. The number of halogens is 3. The first-order chi connectivity index (χ1) is 9.57. The Morgan fingerprint density at radius 3 is 2.24 bits per heavy atom. The Morgan fingerprint density at radius 2 is 1.86 bits per heavy atom. The fraction of sp³-hybridized carbons (Fsp3) is 0.385. The number of benzene rings is 1. The molecule has 0 aliphatic rings. The third-order valence-corrected chi connectivity index (χ3v) is 3.44. The van der Waals surface area contributed by atoms with E-state index in [4.69, 9.17) is 18.0 Å². The normalized spacial score (nSPS) is 14.1. The van der Waals surface area contributed by atoms with E-state index in [9.17, 15) is 18.0 Å². The predicted octanol–water partition coefficient (Wildman–Crippen LogP) is 2.77.